The number of alkyl halides is 6. The molecule has 43 heavy (non-hydrogen) atoms. The second-order valence-corrected chi connectivity index (χ2v) is 8.73. The van der Waals surface area contributed by atoms with E-state index in [-0.39, 0.29) is 6.03 Å². The van der Waals surface area contributed by atoms with Gasteiger partial charge in [0.05, 0.1) is 11.9 Å². The molecular weight excluding hydrogens is 592 g/mol. The highest BCUT2D eigenvalue weighted by atomic mass is 19.4. The number of urea groups is 1. The SMILES string of the molecule is CN(C)CCOc1cc(-c2cn[nH]c2)ccc1NC(=O)N(C)Cc1ccccc1.O=C(O)C(F)(F)F.O=C(O)C(F)(F)F. The summed E-state index contributed by atoms with van der Waals surface area (Å²) in [5.41, 5.74) is 3.64. The number of nitrogens with one attached hydrogen (secondary N) is 2. The first kappa shape index (κ1) is 36.2. The van der Waals surface area contributed by atoms with Gasteiger partial charge >= 0.3 is 30.3 Å². The number of benzene rings is 2. The number of nitrogens with zero attached hydrogens (tertiary/aromatic N) is 3. The number of H-pyrrole nitrogens is 1. The topological polar surface area (TPSA) is 148 Å². The summed E-state index contributed by atoms with van der Waals surface area (Å²) in [7, 11) is 5.76. The van der Waals surface area contributed by atoms with Crippen LogP contribution in [0.2, 0.25) is 0 Å². The van der Waals surface area contributed by atoms with Crippen LogP contribution in [0.1, 0.15) is 5.56 Å². The van der Waals surface area contributed by atoms with Gasteiger partial charge in [-0.1, -0.05) is 36.4 Å². The molecular formula is C26H29F6N5O6. The van der Waals surface area contributed by atoms with E-state index in [1.165, 1.54) is 0 Å². The van der Waals surface area contributed by atoms with E-state index in [2.05, 4.69) is 15.5 Å². The van der Waals surface area contributed by atoms with Gasteiger partial charge in [0.1, 0.15) is 12.4 Å². The van der Waals surface area contributed by atoms with Crippen molar-refractivity contribution in [1.82, 2.24) is 20.0 Å². The molecule has 3 rings (SSSR count). The third-order valence-corrected chi connectivity index (χ3v) is 4.95. The van der Waals surface area contributed by atoms with Gasteiger partial charge < -0.3 is 30.1 Å². The Kier molecular flexibility index (Phi) is 14.0. The van der Waals surface area contributed by atoms with Crippen molar-refractivity contribution in [2.75, 3.05) is 39.6 Å². The van der Waals surface area contributed by atoms with Crippen molar-refractivity contribution in [1.29, 1.82) is 0 Å². The van der Waals surface area contributed by atoms with E-state index in [1.807, 2.05) is 73.7 Å². The van der Waals surface area contributed by atoms with E-state index in [0.717, 1.165) is 23.2 Å². The maximum absolute atomic E-state index is 12.7. The number of carbonyl (C=O) groups excluding carboxylic acids is 1. The lowest BCUT2D eigenvalue weighted by Crippen LogP contribution is -2.31. The van der Waals surface area contributed by atoms with Crippen molar-refractivity contribution in [2.24, 2.45) is 0 Å². The van der Waals surface area contributed by atoms with Crippen LogP contribution in [-0.2, 0) is 16.1 Å². The van der Waals surface area contributed by atoms with Crippen LogP contribution in [0.4, 0.5) is 36.8 Å². The van der Waals surface area contributed by atoms with Crippen LogP contribution < -0.4 is 10.1 Å². The number of amides is 2. The van der Waals surface area contributed by atoms with Gasteiger partial charge in [0.15, 0.2) is 0 Å². The number of rotatable bonds is 8. The minimum Gasteiger partial charge on any atom is -0.490 e. The molecule has 0 unspecified atom stereocenters. The van der Waals surface area contributed by atoms with Crippen LogP contribution in [-0.4, -0.2) is 94.8 Å². The Morgan fingerprint density at radius 3 is 1.93 bits per heavy atom. The van der Waals surface area contributed by atoms with Crippen LogP contribution >= 0.6 is 0 Å². The van der Waals surface area contributed by atoms with Crippen molar-refractivity contribution >= 4 is 23.7 Å². The summed E-state index contributed by atoms with van der Waals surface area (Å²) in [5, 5.41) is 24.0. The van der Waals surface area contributed by atoms with E-state index >= 15 is 0 Å². The summed E-state index contributed by atoms with van der Waals surface area (Å²) in [6.07, 6.45) is -6.59. The lowest BCUT2D eigenvalue weighted by Gasteiger charge is -2.20. The molecule has 0 radical (unpaired) electrons. The quantitative estimate of drug-likeness (QED) is 0.259. The van der Waals surface area contributed by atoms with Crippen LogP contribution in [0.5, 0.6) is 5.75 Å². The molecule has 0 aliphatic rings. The monoisotopic (exact) mass is 621 g/mol. The molecule has 2 amide bonds. The summed E-state index contributed by atoms with van der Waals surface area (Å²) < 4.78 is 69.5. The largest absolute Gasteiger partial charge is 0.490 e. The van der Waals surface area contributed by atoms with Crippen LogP contribution in [0.3, 0.4) is 0 Å². The Hall–Kier alpha value is -4.80. The molecule has 0 aliphatic carbocycles. The van der Waals surface area contributed by atoms with E-state index in [1.54, 1.807) is 18.1 Å². The van der Waals surface area contributed by atoms with Gasteiger partial charge in [-0.15, -0.1) is 0 Å². The van der Waals surface area contributed by atoms with Gasteiger partial charge in [0.2, 0.25) is 0 Å². The Balaban J connectivity index is 0.000000548. The van der Waals surface area contributed by atoms with Gasteiger partial charge in [-0.25, -0.2) is 14.4 Å². The number of halogens is 6. The zero-order valence-electron chi connectivity index (χ0n) is 23.0. The molecule has 0 fully saturated rings. The number of likely N-dealkylation sites (N-methyl/N-ethyl adjacent to an activating group) is 1. The van der Waals surface area contributed by atoms with Crippen LogP contribution in [0, 0.1) is 0 Å². The highest BCUT2D eigenvalue weighted by molar-refractivity contribution is 5.91. The predicted molar refractivity (Wildman–Crippen MR) is 142 cm³/mol. The average molecular weight is 622 g/mol. The molecule has 0 saturated carbocycles. The molecule has 11 nitrogen and oxygen atoms in total. The zero-order chi connectivity index (χ0) is 32.8. The van der Waals surface area contributed by atoms with Crippen molar-refractivity contribution < 1.29 is 55.7 Å². The smallest absolute Gasteiger partial charge is 0.490 e. The molecule has 17 heteroatoms. The molecule has 0 bridgehead atoms. The number of carbonyl (C=O) groups is 3. The average Bonchev–Trinajstić information content (AvgIpc) is 3.45. The number of hydrogen-bond acceptors (Lipinski definition) is 6. The van der Waals surface area contributed by atoms with Crippen LogP contribution in [0.25, 0.3) is 11.1 Å². The van der Waals surface area contributed by atoms with Gasteiger partial charge in [-0.3, -0.25) is 5.10 Å². The molecule has 2 aromatic carbocycles. The van der Waals surface area contributed by atoms with Crippen molar-refractivity contribution in [3.63, 3.8) is 0 Å². The summed E-state index contributed by atoms with van der Waals surface area (Å²) in [5.74, 6) is -4.88. The second-order valence-electron chi connectivity index (χ2n) is 8.73. The van der Waals surface area contributed by atoms with E-state index in [4.69, 9.17) is 24.5 Å². The Labute approximate surface area is 241 Å². The Morgan fingerprint density at radius 2 is 1.47 bits per heavy atom. The molecule has 0 atom stereocenters. The Bertz CT molecular complexity index is 1280. The minimum atomic E-state index is -5.08. The maximum atomic E-state index is 12.7. The number of aliphatic carboxylic acids is 2. The van der Waals surface area contributed by atoms with Crippen molar-refractivity contribution in [2.45, 2.75) is 18.9 Å². The molecule has 1 aromatic heterocycles. The molecule has 0 spiro atoms. The summed E-state index contributed by atoms with van der Waals surface area (Å²) in [6.45, 7) is 1.82. The molecule has 3 aromatic rings. The van der Waals surface area contributed by atoms with Gasteiger partial charge in [-0.2, -0.15) is 31.4 Å². The number of carboxylic acids is 2. The minimum absolute atomic E-state index is 0.192. The van der Waals surface area contributed by atoms with E-state index in [0.29, 0.717) is 24.6 Å². The predicted octanol–water partition coefficient (Wildman–Crippen LogP) is 4.95. The lowest BCUT2D eigenvalue weighted by molar-refractivity contribution is -0.193. The third kappa shape index (κ3) is 14.1. The normalized spacial score (nSPS) is 10.9. The van der Waals surface area contributed by atoms with Gasteiger partial charge in [0, 0.05) is 31.9 Å². The standard InChI is InChI=1S/C22H27N5O2.2C2HF3O2/c1-26(2)11-12-29-21-13-18(19-14-23-24-15-19)9-10-20(21)25-22(28)27(3)16-17-7-5-4-6-8-17;2*3-2(4,5)1(6)7/h4-10,13-15H,11-12,16H2,1-3H3,(H,23,24)(H,25,28);2*(H,6,7). The van der Waals surface area contributed by atoms with Crippen LogP contribution in [0.15, 0.2) is 60.9 Å². The molecule has 1 heterocycles. The lowest BCUT2D eigenvalue weighted by atomic mass is 10.1. The fraction of sp³-hybridized carbons (Fsp3) is 0.308. The number of hydrogen-bond donors (Lipinski definition) is 4. The molecule has 236 valence electrons. The van der Waals surface area contributed by atoms with E-state index in [9.17, 15) is 31.1 Å². The van der Waals surface area contributed by atoms with Gasteiger partial charge in [0.25, 0.3) is 0 Å². The van der Waals surface area contributed by atoms with Gasteiger partial charge in [-0.05, 0) is 37.4 Å². The number of anilines is 1. The van der Waals surface area contributed by atoms with Crippen molar-refractivity contribution in [3.05, 3.63) is 66.5 Å². The first-order valence-corrected chi connectivity index (χ1v) is 12.0. The molecule has 0 aliphatic heterocycles. The fourth-order valence-corrected chi connectivity index (χ4v) is 2.81. The molecule has 0 saturated heterocycles. The number of aromatic nitrogens is 2. The zero-order valence-corrected chi connectivity index (χ0v) is 23.0. The number of aromatic amines is 1. The van der Waals surface area contributed by atoms with Crippen molar-refractivity contribution in [3.8, 4) is 16.9 Å². The number of ether oxygens (including phenoxy) is 1. The first-order valence-electron chi connectivity index (χ1n) is 12.0. The second kappa shape index (κ2) is 16.6. The summed E-state index contributed by atoms with van der Waals surface area (Å²) >= 11 is 0. The van der Waals surface area contributed by atoms with E-state index < -0.39 is 24.3 Å². The third-order valence-electron chi connectivity index (χ3n) is 4.95. The highest BCUT2D eigenvalue weighted by Gasteiger charge is 2.38. The summed E-state index contributed by atoms with van der Waals surface area (Å²) in [6, 6.07) is 15.4. The summed E-state index contributed by atoms with van der Waals surface area (Å²) in [4.78, 5) is 34.2. The molecule has 4 N–H and O–H groups in total. The fourth-order valence-electron chi connectivity index (χ4n) is 2.81. The highest BCUT2D eigenvalue weighted by Crippen LogP contribution is 2.31. The number of carboxylic acid groups (broad SMARTS) is 2. The maximum Gasteiger partial charge on any atom is 0.490 e. The Morgan fingerprint density at radius 1 is 0.907 bits per heavy atom. The first-order chi connectivity index (χ1) is 19.9.